The first kappa shape index (κ1) is 14.6. The molecular weight excluding hydrogens is 258 g/mol. The van der Waals surface area contributed by atoms with Gasteiger partial charge in [-0.25, -0.2) is 5.84 Å². The molecule has 110 valence electrons. The van der Waals surface area contributed by atoms with Crippen molar-refractivity contribution in [2.24, 2.45) is 11.8 Å². The Morgan fingerprint density at radius 1 is 1.55 bits per heavy atom. The van der Waals surface area contributed by atoms with Crippen LogP contribution in [0.3, 0.4) is 0 Å². The minimum atomic E-state index is -0.401. The molecule has 0 radical (unpaired) electrons. The number of hydrazine groups is 1. The normalized spacial score (nSPS) is 19.8. The Labute approximate surface area is 118 Å². The van der Waals surface area contributed by atoms with Crippen LogP contribution in [0.15, 0.2) is 16.7 Å². The highest BCUT2D eigenvalue weighted by molar-refractivity contribution is 5.94. The maximum atomic E-state index is 12.1. The van der Waals surface area contributed by atoms with E-state index in [1.807, 2.05) is 0 Å². The molecule has 1 aliphatic rings. The molecule has 2 heterocycles. The van der Waals surface area contributed by atoms with Crippen molar-refractivity contribution in [3.8, 4) is 0 Å². The van der Waals surface area contributed by atoms with Crippen molar-refractivity contribution in [2.45, 2.75) is 39.2 Å². The van der Waals surface area contributed by atoms with Gasteiger partial charge in [-0.1, -0.05) is 13.3 Å². The van der Waals surface area contributed by atoms with E-state index in [9.17, 15) is 9.59 Å². The van der Waals surface area contributed by atoms with Crippen LogP contribution in [-0.4, -0.2) is 23.3 Å². The third-order valence-corrected chi connectivity index (χ3v) is 3.96. The first-order valence-electron chi connectivity index (χ1n) is 7.00. The highest BCUT2D eigenvalue weighted by Crippen LogP contribution is 2.23. The van der Waals surface area contributed by atoms with Gasteiger partial charge in [0.15, 0.2) is 0 Å². The summed E-state index contributed by atoms with van der Waals surface area (Å²) in [5, 5.41) is 0. The number of furan rings is 1. The lowest BCUT2D eigenvalue weighted by molar-refractivity contribution is -0.131. The van der Waals surface area contributed by atoms with Gasteiger partial charge in [0.2, 0.25) is 5.91 Å². The van der Waals surface area contributed by atoms with E-state index in [0.29, 0.717) is 36.8 Å². The lowest BCUT2D eigenvalue weighted by Crippen LogP contribution is -2.33. The maximum absolute atomic E-state index is 12.1. The molecule has 0 spiro atoms. The number of carbonyl (C=O) groups is 2. The van der Waals surface area contributed by atoms with Crippen LogP contribution in [0.25, 0.3) is 0 Å². The molecule has 1 atom stereocenters. The minimum absolute atomic E-state index is 0.122. The quantitative estimate of drug-likeness (QED) is 0.495. The zero-order chi connectivity index (χ0) is 14.5. The van der Waals surface area contributed by atoms with Gasteiger partial charge in [0.25, 0.3) is 5.91 Å². The Kier molecular flexibility index (Phi) is 4.79. The predicted octanol–water partition coefficient (Wildman–Crippen LogP) is 1.42. The summed E-state index contributed by atoms with van der Waals surface area (Å²) in [6.45, 7) is 3.19. The molecule has 1 fully saturated rings. The van der Waals surface area contributed by atoms with Crippen LogP contribution >= 0.6 is 0 Å². The molecule has 1 saturated heterocycles. The first-order valence-corrected chi connectivity index (χ1v) is 7.00. The van der Waals surface area contributed by atoms with E-state index in [0.717, 1.165) is 19.3 Å². The van der Waals surface area contributed by atoms with Crippen molar-refractivity contribution >= 4 is 11.8 Å². The Morgan fingerprint density at radius 2 is 2.35 bits per heavy atom. The van der Waals surface area contributed by atoms with Crippen LogP contribution in [0, 0.1) is 5.92 Å². The summed E-state index contributed by atoms with van der Waals surface area (Å²) in [6, 6.07) is 1.56. The van der Waals surface area contributed by atoms with Crippen LogP contribution in [0.4, 0.5) is 0 Å². The molecule has 0 aromatic carbocycles. The zero-order valence-electron chi connectivity index (χ0n) is 11.7. The summed E-state index contributed by atoms with van der Waals surface area (Å²) in [7, 11) is 0. The number of nitrogens with one attached hydrogen (secondary N) is 1. The fraction of sp³-hybridized carbons (Fsp3) is 0.571. The minimum Gasteiger partial charge on any atom is -0.467 e. The Hall–Kier alpha value is -1.82. The second kappa shape index (κ2) is 6.56. The van der Waals surface area contributed by atoms with Gasteiger partial charge < -0.3 is 9.32 Å². The lowest BCUT2D eigenvalue weighted by atomic mass is 9.98. The molecule has 6 heteroatoms. The molecule has 2 rings (SSSR count). The van der Waals surface area contributed by atoms with E-state index in [2.05, 4.69) is 12.3 Å². The van der Waals surface area contributed by atoms with Gasteiger partial charge in [0.1, 0.15) is 5.76 Å². The number of amides is 2. The van der Waals surface area contributed by atoms with E-state index in [-0.39, 0.29) is 5.91 Å². The van der Waals surface area contributed by atoms with E-state index in [4.69, 9.17) is 10.3 Å². The first-order chi connectivity index (χ1) is 9.65. The number of nitrogen functional groups attached to an aromatic ring is 1. The van der Waals surface area contributed by atoms with E-state index in [1.165, 1.54) is 6.26 Å². The Bertz CT molecular complexity index is 484. The Morgan fingerprint density at radius 3 is 3.05 bits per heavy atom. The molecule has 2 amide bonds. The number of likely N-dealkylation sites (tertiary alicyclic amines) is 1. The summed E-state index contributed by atoms with van der Waals surface area (Å²) in [6.07, 6.45) is 5.05. The molecule has 0 bridgehead atoms. The lowest BCUT2D eigenvalue weighted by Gasteiger charge is -2.20. The molecule has 0 aliphatic carbocycles. The third-order valence-electron chi connectivity index (χ3n) is 3.96. The van der Waals surface area contributed by atoms with Gasteiger partial charge in [-0.2, -0.15) is 0 Å². The fourth-order valence-electron chi connectivity index (χ4n) is 2.59. The molecule has 1 aliphatic heterocycles. The molecular formula is C14H21N3O3. The van der Waals surface area contributed by atoms with Gasteiger partial charge >= 0.3 is 0 Å². The number of nitrogens with zero attached hydrogens (tertiary/aromatic N) is 1. The van der Waals surface area contributed by atoms with Gasteiger partial charge in [-0.3, -0.25) is 15.0 Å². The van der Waals surface area contributed by atoms with Crippen LogP contribution in [0.1, 0.15) is 48.7 Å². The van der Waals surface area contributed by atoms with Crippen LogP contribution in [-0.2, 0) is 11.3 Å². The van der Waals surface area contributed by atoms with E-state index < -0.39 is 5.91 Å². The molecule has 20 heavy (non-hydrogen) atoms. The summed E-state index contributed by atoms with van der Waals surface area (Å²) >= 11 is 0. The number of hydrogen-bond donors (Lipinski definition) is 2. The van der Waals surface area contributed by atoms with Crippen molar-refractivity contribution < 1.29 is 14.0 Å². The summed E-state index contributed by atoms with van der Waals surface area (Å²) < 4.78 is 5.32. The third kappa shape index (κ3) is 3.19. The van der Waals surface area contributed by atoms with Crippen molar-refractivity contribution in [3.05, 3.63) is 23.7 Å². The van der Waals surface area contributed by atoms with Gasteiger partial charge in [0.05, 0.1) is 18.4 Å². The number of hydrogen-bond acceptors (Lipinski definition) is 4. The van der Waals surface area contributed by atoms with Gasteiger partial charge in [-0.15, -0.1) is 0 Å². The molecule has 6 nitrogen and oxygen atoms in total. The number of nitrogens with two attached hydrogens (primary N) is 1. The highest BCUT2D eigenvalue weighted by atomic mass is 16.3. The fourth-order valence-corrected chi connectivity index (χ4v) is 2.59. The smallest absolute Gasteiger partial charge is 0.268 e. The van der Waals surface area contributed by atoms with Crippen LogP contribution in [0.5, 0.6) is 0 Å². The molecule has 1 unspecified atom stereocenters. The zero-order valence-corrected chi connectivity index (χ0v) is 11.7. The topological polar surface area (TPSA) is 88.6 Å². The number of carbonyl (C=O) groups excluding carboxylic acids is 2. The van der Waals surface area contributed by atoms with E-state index in [1.54, 1.807) is 11.0 Å². The summed E-state index contributed by atoms with van der Waals surface area (Å²) in [4.78, 5) is 25.5. The average Bonchev–Trinajstić information content (AvgIpc) is 2.85. The standard InChI is InChI=1S/C14H21N3O3/c1-2-10-3-4-13(18)17(7-5-10)9-12-11(6-8-20-12)14(19)16-15/h6,8,10H,2-5,7,9,15H2,1H3,(H,16,19). The van der Waals surface area contributed by atoms with Crippen LogP contribution < -0.4 is 11.3 Å². The summed E-state index contributed by atoms with van der Waals surface area (Å²) in [5.41, 5.74) is 2.47. The van der Waals surface area contributed by atoms with Crippen molar-refractivity contribution in [3.63, 3.8) is 0 Å². The Balaban J connectivity index is 2.07. The van der Waals surface area contributed by atoms with Crippen LogP contribution in [0.2, 0.25) is 0 Å². The predicted molar refractivity (Wildman–Crippen MR) is 73.4 cm³/mol. The highest BCUT2D eigenvalue weighted by Gasteiger charge is 2.24. The van der Waals surface area contributed by atoms with Crippen molar-refractivity contribution in [2.75, 3.05) is 6.54 Å². The van der Waals surface area contributed by atoms with E-state index >= 15 is 0 Å². The average molecular weight is 279 g/mol. The SMILES string of the molecule is CCC1CCC(=O)N(Cc2occc2C(=O)NN)CC1. The van der Waals surface area contributed by atoms with Crippen molar-refractivity contribution in [1.29, 1.82) is 0 Å². The molecule has 0 saturated carbocycles. The molecule has 3 N–H and O–H groups in total. The number of rotatable bonds is 4. The molecule has 1 aromatic rings. The monoisotopic (exact) mass is 279 g/mol. The maximum Gasteiger partial charge on any atom is 0.268 e. The largest absolute Gasteiger partial charge is 0.467 e. The summed E-state index contributed by atoms with van der Waals surface area (Å²) in [5.74, 6) is 5.94. The molecule has 1 aromatic heterocycles. The van der Waals surface area contributed by atoms with Crippen molar-refractivity contribution in [1.82, 2.24) is 10.3 Å². The second-order valence-corrected chi connectivity index (χ2v) is 5.15. The van der Waals surface area contributed by atoms with Gasteiger partial charge in [0, 0.05) is 13.0 Å². The second-order valence-electron chi connectivity index (χ2n) is 5.15. The van der Waals surface area contributed by atoms with Gasteiger partial charge in [-0.05, 0) is 24.8 Å².